The molecule has 272 valence electrons. The summed E-state index contributed by atoms with van der Waals surface area (Å²) in [5.74, 6) is 0. The lowest BCUT2D eigenvalue weighted by atomic mass is 9.92. The number of anilines is 4. The summed E-state index contributed by atoms with van der Waals surface area (Å²) in [7, 11) is 0. The third-order valence-corrected chi connectivity index (χ3v) is 7.93. The van der Waals surface area contributed by atoms with Gasteiger partial charge >= 0.3 is 24.4 Å². The molecule has 12 nitrogen and oxygen atoms in total. The van der Waals surface area contributed by atoms with E-state index in [1.807, 2.05) is 48.5 Å². The van der Waals surface area contributed by atoms with Gasteiger partial charge in [-0.2, -0.15) is 0 Å². The molecule has 0 saturated heterocycles. The molecule has 0 saturated carbocycles. The van der Waals surface area contributed by atoms with E-state index in [4.69, 9.17) is 18.9 Å². The summed E-state index contributed by atoms with van der Waals surface area (Å²) in [6.45, 7) is 7.89. The SMILES string of the molecule is CCOC(=O)Nc1cc2cc(c1)Cc1cc(cc(NC(=O)OCC)c1)Cc1cc(cc(NC(=O)OCC)c1)Cc1cc(cc(NC(=O)OCC)c1)C2. The summed E-state index contributed by atoms with van der Waals surface area (Å²) in [5, 5.41) is 11.4. The Bertz CT molecular complexity index is 1580. The molecule has 12 heteroatoms. The summed E-state index contributed by atoms with van der Waals surface area (Å²) in [4.78, 5) is 49.9. The number of hydrogen-bond acceptors (Lipinski definition) is 8. The second-order valence-corrected chi connectivity index (χ2v) is 12.2. The zero-order valence-electron chi connectivity index (χ0n) is 29.9. The minimum Gasteiger partial charge on any atom is -0.450 e. The highest BCUT2D eigenvalue weighted by Crippen LogP contribution is 2.28. The van der Waals surface area contributed by atoms with E-state index in [-0.39, 0.29) is 26.4 Å². The van der Waals surface area contributed by atoms with Gasteiger partial charge in [0.1, 0.15) is 0 Å². The smallest absolute Gasteiger partial charge is 0.411 e. The molecule has 0 aromatic heterocycles. The van der Waals surface area contributed by atoms with Gasteiger partial charge in [-0.05, 0) is 146 Å². The molecule has 0 spiro atoms. The lowest BCUT2D eigenvalue weighted by molar-refractivity contribution is 0.167. The molecule has 4 amide bonds. The topological polar surface area (TPSA) is 153 Å². The number of nitrogens with one attached hydrogen (secondary N) is 4. The number of carbonyl (C=O) groups excluding carboxylic acids is 4. The third-order valence-electron chi connectivity index (χ3n) is 7.93. The van der Waals surface area contributed by atoms with Crippen LogP contribution in [0.3, 0.4) is 0 Å². The van der Waals surface area contributed by atoms with E-state index in [2.05, 4.69) is 45.5 Å². The van der Waals surface area contributed by atoms with E-state index in [9.17, 15) is 19.2 Å². The molecule has 4 aromatic carbocycles. The second-order valence-electron chi connectivity index (χ2n) is 12.2. The van der Waals surface area contributed by atoms with Crippen LogP contribution in [0.1, 0.15) is 72.2 Å². The van der Waals surface area contributed by atoms with E-state index < -0.39 is 24.4 Å². The standard InChI is InChI=1S/C40H44N4O8/c1-5-49-37(45)41-33-17-25-9-26(18-33)14-28-11-30(22-35(20-28)43-39(47)51-7-3)16-32-12-31(23-36(24-32)44-40(48)52-8-4)15-29-10-27(13-25)19-34(21-29)42-38(46)50-6-2/h9-12,17-24H,5-8,13-16H2,1-4H3,(H,41,45)(H,42,46)(H,43,47)(H,44,48). The number of amides is 4. The Labute approximate surface area is 303 Å². The van der Waals surface area contributed by atoms with Crippen LogP contribution >= 0.6 is 0 Å². The number of rotatable bonds is 8. The summed E-state index contributed by atoms with van der Waals surface area (Å²) in [6.07, 6.45) is -0.338. The van der Waals surface area contributed by atoms with Crippen molar-refractivity contribution >= 4 is 47.1 Å². The molecule has 4 aromatic rings. The molecular weight excluding hydrogens is 664 g/mol. The number of hydrogen-bond donors (Lipinski definition) is 4. The van der Waals surface area contributed by atoms with Crippen LogP contribution in [0.2, 0.25) is 0 Å². The van der Waals surface area contributed by atoms with Crippen molar-refractivity contribution in [1.29, 1.82) is 0 Å². The molecule has 0 fully saturated rings. The van der Waals surface area contributed by atoms with Crippen molar-refractivity contribution in [2.24, 2.45) is 0 Å². The lowest BCUT2D eigenvalue weighted by Gasteiger charge is -2.17. The fourth-order valence-electron chi connectivity index (χ4n) is 6.24. The van der Waals surface area contributed by atoms with Crippen LogP contribution in [0.4, 0.5) is 41.9 Å². The summed E-state index contributed by atoms with van der Waals surface area (Å²) in [6, 6.07) is 23.5. The molecule has 5 rings (SSSR count). The maximum atomic E-state index is 12.5. The molecule has 1 aliphatic carbocycles. The Morgan fingerprint density at radius 1 is 0.365 bits per heavy atom. The average molecular weight is 709 g/mol. The quantitative estimate of drug-likeness (QED) is 0.117. The Balaban J connectivity index is 1.66. The highest BCUT2D eigenvalue weighted by Gasteiger charge is 2.15. The lowest BCUT2D eigenvalue weighted by Crippen LogP contribution is -2.15. The van der Waals surface area contributed by atoms with Crippen LogP contribution in [0.5, 0.6) is 0 Å². The van der Waals surface area contributed by atoms with Gasteiger partial charge in [0.15, 0.2) is 0 Å². The maximum absolute atomic E-state index is 12.5. The molecule has 0 unspecified atom stereocenters. The first-order chi connectivity index (χ1) is 25.1. The van der Waals surface area contributed by atoms with Crippen molar-refractivity contribution in [2.45, 2.75) is 53.4 Å². The first-order valence-corrected chi connectivity index (χ1v) is 17.4. The number of carbonyl (C=O) groups is 4. The highest BCUT2D eigenvalue weighted by atomic mass is 16.6. The van der Waals surface area contributed by atoms with Crippen LogP contribution in [-0.2, 0) is 44.6 Å². The zero-order valence-corrected chi connectivity index (χ0v) is 29.9. The number of ether oxygens (including phenoxy) is 4. The van der Waals surface area contributed by atoms with E-state index in [0.717, 1.165) is 44.5 Å². The zero-order chi connectivity index (χ0) is 37.0. The Morgan fingerprint density at radius 3 is 0.692 bits per heavy atom. The molecule has 0 heterocycles. The summed E-state index contributed by atoms with van der Waals surface area (Å²) < 4.78 is 20.7. The molecular formula is C40H44N4O8. The van der Waals surface area contributed by atoms with Crippen LogP contribution in [0.15, 0.2) is 72.8 Å². The summed E-state index contributed by atoms with van der Waals surface area (Å²) >= 11 is 0. The molecule has 0 atom stereocenters. The van der Waals surface area contributed by atoms with Crippen LogP contribution in [-0.4, -0.2) is 50.8 Å². The van der Waals surface area contributed by atoms with Gasteiger partial charge in [-0.1, -0.05) is 24.3 Å². The molecule has 4 N–H and O–H groups in total. The Kier molecular flexibility index (Phi) is 12.7. The monoisotopic (exact) mass is 708 g/mol. The van der Waals surface area contributed by atoms with Gasteiger partial charge < -0.3 is 18.9 Å². The van der Waals surface area contributed by atoms with Gasteiger partial charge in [-0.3, -0.25) is 21.3 Å². The van der Waals surface area contributed by atoms with Gasteiger partial charge in [0.05, 0.1) is 26.4 Å². The van der Waals surface area contributed by atoms with Crippen molar-refractivity contribution in [3.8, 4) is 0 Å². The predicted octanol–water partition coefficient (Wildman–Crippen LogP) is 8.64. The molecule has 8 bridgehead atoms. The predicted molar refractivity (Wildman–Crippen MR) is 200 cm³/mol. The van der Waals surface area contributed by atoms with Crippen molar-refractivity contribution < 1.29 is 38.1 Å². The van der Waals surface area contributed by atoms with Gasteiger partial charge in [0, 0.05) is 22.7 Å². The van der Waals surface area contributed by atoms with Crippen LogP contribution < -0.4 is 21.3 Å². The molecule has 52 heavy (non-hydrogen) atoms. The van der Waals surface area contributed by atoms with Crippen LogP contribution in [0, 0.1) is 0 Å². The van der Waals surface area contributed by atoms with Gasteiger partial charge in [-0.15, -0.1) is 0 Å². The largest absolute Gasteiger partial charge is 0.450 e. The average Bonchev–Trinajstić information content (AvgIpc) is 3.04. The number of fused-ring (bicyclic) bond motifs is 8. The van der Waals surface area contributed by atoms with Gasteiger partial charge in [0.25, 0.3) is 0 Å². The minimum absolute atomic E-state index is 0.229. The first kappa shape index (κ1) is 37.2. The first-order valence-electron chi connectivity index (χ1n) is 17.4. The van der Waals surface area contributed by atoms with E-state index in [0.29, 0.717) is 48.4 Å². The van der Waals surface area contributed by atoms with Gasteiger partial charge in [-0.25, -0.2) is 19.2 Å². The second kappa shape index (κ2) is 17.8. The minimum atomic E-state index is -0.559. The molecule has 1 aliphatic rings. The maximum Gasteiger partial charge on any atom is 0.411 e. The molecule has 0 radical (unpaired) electrons. The molecule has 0 aliphatic heterocycles. The highest BCUT2D eigenvalue weighted by molar-refractivity contribution is 5.87. The fourth-order valence-corrected chi connectivity index (χ4v) is 6.24. The van der Waals surface area contributed by atoms with Crippen molar-refractivity contribution in [2.75, 3.05) is 47.7 Å². The van der Waals surface area contributed by atoms with Crippen LogP contribution in [0.25, 0.3) is 0 Å². The summed E-state index contributed by atoms with van der Waals surface area (Å²) in [5.41, 5.74) is 9.63. The van der Waals surface area contributed by atoms with E-state index in [1.54, 1.807) is 27.7 Å². The van der Waals surface area contributed by atoms with Crippen molar-refractivity contribution in [3.05, 3.63) is 117 Å². The normalized spacial score (nSPS) is 11.8. The fraction of sp³-hybridized carbons (Fsp3) is 0.300. The van der Waals surface area contributed by atoms with Crippen molar-refractivity contribution in [3.63, 3.8) is 0 Å². The number of benzene rings is 4. The van der Waals surface area contributed by atoms with E-state index in [1.165, 1.54) is 0 Å². The van der Waals surface area contributed by atoms with Gasteiger partial charge in [0.2, 0.25) is 0 Å². The third kappa shape index (κ3) is 11.0. The van der Waals surface area contributed by atoms with E-state index >= 15 is 0 Å². The Hall–Kier alpha value is -6.04. The van der Waals surface area contributed by atoms with Crippen molar-refractivity contribution in [1.82, 2.24) is 0 Å². The Morgan fingerprint density at radius 2 is 0.538 bits per heavy atom.